The number of anilines is 1. The Kier molecular flexibility index (Phi) is 3.89. The average Bonchev–Trinajstić information content (AvgIpc) is 3.10. The van der Waals surface area contributed by atoms with E-state index in [4.69, 9.17) is 4.52 Å². The van der Waals surface area contributed by atoms with Crippen molar-refractivity contribution in [3.63, 3.8) is 0 Å². The van der Waals surface area contributed by atoms with Crippen molar-refractivity contribution < 1.29 is 4.52 Å². The summed E-state index contributed by atoms with van der Waals surface area (Å²) in [4.78, 5) is 8.78. The van der Waals surface area contributed by atoms with E-state index in [2.05, 4.69) is 26.7 Å². The van der Waals surface area contributed by atoms with E-state index in [1.54, 1.807) is 6.20 Å². The van der Waals surface area contributed by atoms with Crippen molar-refractivity contribution in [3.8, 4) is 11.5 Å². The summed E-state index contributed by atoms with van der Waals surface area (Å²) in [5, 5.41) is 7.42. The highest BCUT2D eigenvalue weighted by Crippen LogP contribution is 2.47. The lowest BCUT2D eigenvalue weighted by molar-refractivity contribution is 0.419. The minimum Gasteiger partial charge on any atom is -0.369 e. The monoisotopic (exact) mass is 304 g/mol. The van der Waals surface area contributed by atoms with E-state index < -0.39 is 0 Å². The molecule has 112 valence electrons. The lowest BCUT2D eigenvalue weighted by Crippen LogP contribution is -2.17. The molecule has 0 spiro atoms. The highest BCUT2D eigenvalue weighted by Gasteiger charge is 2.41. The molecule has 0 unspecified atom stereocenters. The number of pyridine rings is 1. The van der Waals surface area contributed by atoms with Gasteiger partial charge in [0.05, 0.1) is 0 Å². The molecule has 0 amide bonds. The summed E-state index contributed by atoms with van der Waals surface area (Å²) >= 11 is 1.93. The molecule has 0 radical (unpaired) electrons. The third-order valence-electron chi connectivity index (χ3n) is 3.80. The SMILES string of the molecule is CSC1(CNc2cc(-c3nc(C(C)C)no3)ccn2)CC1. The molecule has 2 aromatic rings. The highest BCUT2D eigenvalue weighted by molar-refractivity contribution is 8.00. The van der Waals surface area contributed by atoms with Gasteiger partial charge in [0.25, 0.3) is 5.89 Å². The van der Waals surface area contributed by atoms with E-state index in [0.29, 0.717) is 10.6 Å². The van der Waals surface area contributed by atoms with Crippen LogP contribution in [0.25, 0.3) is 11.5 Å². The van der Waals surface area contributed by atoms with Gasteiger partial charge >= 0.3 is 0 Å². The van der Waals surface area contributed by atoms with E-state index >= 15 is 0 Å². The lowest BCUT2D eigenvalue weighted by Gasteiger charge is -2.13. The van der Waals surface area contributed by atoms with E-state index in [9.17, 15) is 0 Å². The highest BCUT2D eigenvalue weighted by atomic mass is 32.2. The third-order valence-corrected chi connectivity index (χ3v) is 5.22. The largest absolute Gasteiger partial charge is 0.369 e. The minimum atomic E-state index is 0.262. The van der Waals surface area contributed by atoms with Gasteiger partial charge in [-0.25, -0.2) is 4.98 Å². The zero-order valence-corrected chi connectivity index (χ0v) is 13.4. The Balaban J connectivity index is 1.73. The standard InChI is InChI=1S/C15H20N4OS/c1-10(2)13-18-14(20-19-13)11-4-7-16-12(8-11)17-9-15(21-3)5-6-15/h4,7-8,10H,5-6,9H2,1-3H3,(H,16,17). The molecule has 1 saturated carbocycles. The summed E-state index contributed by atoms with van der Waals surface area (Å²) in [6, 6.07) is 3.86. The van der Waals surface area contributed by atoms with Crippen LogP contribution < -0.4 is 5.32 Å². The van der Waals surface area contributed by atoms with Gasteiger partial charge in [0.2, 0.25) is 0 Å². The molecule has 1 aliphatic rings. The van der Waals surface area contributed by atoms with Crippen LogP contribution >= 0.6 is 11.8 Å². The second-order valence-electron chi connectivity index (χ2n) is 5.78. The number of nitrogens with zero attached hydrogens (tertiary/aromatic N) is 3. The van der Waals surface area contributed by atoms with E-state index in [-0.39, 0.29) is 5.92 Å². The minimum absolute atomic E-state index is 0.262. The van der Waals surface area contributed by atoms with Gasteiger partial charge < -0.3 is 9.84 Å². The Bertz CT molecular complexity index is 622. The summed E-state index contributed by atoms with van der Waals surface area (Å²) in [6.45, 7) is 5.04. The van der Waals surface area contributed by atoms with Gasteiger partial charge in [-0.2, -0.15) is 16.7 Å². The summed E-state index contributed by atoms with van der Waals surface area (Å²) in [6.07, 6.45) is 6.50. The fourth-order valence-corrected chi connectivity index (χ4v) is 2.82. The first-order valence-electron chi connectivity index (χ1n) is 7.21. The van der Waals surface area contributed by atoms with Crippen molar-refractivity contribution >= 4 is 17.6 Å². The molecular formula is C15H20N4OS. The normalized spacial score (nSPS) is 16.2. The van der Waals surface area contributed by atoms with Crippen LogP contribution in [0.3, 0.4) is 0 Å². The number of hydrogen-bond donors (Lipinski definition) is 1. The molecule has 1 N–H and O–H groups in total. The van der Waals surface area contributed by atoms with Crippen molar-refractivity contribution in [2.75, 3.05) is 18.1 Å². The maximum absolute atomic E-state index is 5.33. The molecule has 6 heteroatoms. The Labute approximate surface area is 128 Å². The van der Waals surface area contributed by atoms with Crippen LogP contribution in [-0.2, 0) is 0 Å². The summed E-state index contributed by atoms with van der Waals surface area (Å²) in [7, 11) is 0. The van der Waals surface area contributed by atoms with Crippen molar-refractivity contribution in [2.24, 2.45) is 0 Å². The maximum atomic E-state index is 5.33. The predicted octanol–water partition coefficient (Wildman–Crippen LogP) is 3.56. The fraction of sp³-hybridized carbons (Fsp3) is 0.533. The van der Waals surface area contributed by atoms with E-state index in [0.717, 1.165) is 23.8 Å². The Morgan fingerprint density at radius 1 is 1.43 bits per heavy atom. The molecule has 1 aliphatic carbocycles. The first-order chi connectivity index (χ1) is 10.1. The van der Waals surface area contributed by atoms with Gasteiger partial charge in [-0.1, -0.05) is 19.0 Å². The van der Waals surface area contributed by atoms with Crippen LogP contribution in [-0.4, -0.2) is 32.7 Å². The Morgan fingerprint density at radius 3 is 2.86 bits per heavy atom. The second kappa shape index (κ2) is 5.67. The van der Waals surface area contributed by atoms with Crippen LogP contribution in [0.2, 0.25) is 0 Å². The molecule has 5 nitrogen and oxygen atoms in total. The summed E-state index contributed by atoms with van der Waals surface area (Å²) < 4.78 is 5.73. The van der Waals surface area contributed by atoms with Crippen LogP contribution in [0.15, 0.2) is 22.9 Å². The summed E-state index contributed by atoms with van der Waals surface area (Å²) in [5.41, 5.74) is 0.904. The maximum Gasteiger partial charge on any atom is 0.258 e. The fourth-order valence-electron chi connectivity index (χ4n) is 2.09. The second-order valence-corrected chi connectivity index (χ2v) is 7.06. The smallest absolute Gasteiger partial charge is 0.258 e. The average molecular weight is 304 g/mol. The molecule has 0 saturated heterocycles. The number of rotatable bonds is 6. The van der Waals surface area contributed by atoms with Gasteiger partial charge in [-0.3, -0.25) is 0 Å². The van der Waals surface area contributed by atoms with Gasteiger partial charge in [0.1, 0.15) is 5.82 Å². The van der Waals surface area contributed by atoms with Crippen molar-refractivity contribution in [1.29, 1.82) is 0 Å². The predicted molar refractivity (Wildman–Crippen MR) is 85.6 cm³/mol. The molecule has 0 bridgehead atoms. The van der Waals surface area contributed by atoms with Gasteiger partial charge in [-0.05, 0) is 31.2 Å². The van der Waals surface area contributed by atoms with E-state index in [1.807, 2.05) is 37.7 Å². The van der Waals surface area contributed by atoms with Crippen molar-refractivity contribution in [2.45, 2.75) is 37.4 Å². The molecule has 3 rings (SSSR count). The Morgan fingerprint density at radius 2 is 2.24 bits per heavy atom. The number of nitrogens with one attached hydrogen (secondary N) is 1. The van der Waals surface area contributed by atoms with Gasteiger partial charge in [0, 0.05) is 29.0 Å². The zero-order valence-electron chi connectivity index (χ0n) is 12.6. The first kappa shape index (κ1) is 14.4. The van der Waals surface area contributed by atoms with Crippen molar-refractivity contribution in [1.82, 2.24) is 15.1 Å². The first-order valence-corrected chi connectivity index (χ1v) is 8.43. The number of aromatic nitrogens is 3. The van der Waals surface area contributed by atoms with Crippen molar-refractivity contribution in [3.05, 3.63) is 24.2 Å². The molecule has 0 aliphatic heterocycles. The molecule has 2 aromatic heterocycles. The van der Waals surface area contributed by atoms with Crippen LogP contribution in [0.1, 0.15) is 38.4 Å². The van der Waals surface area contributed by atoms with Gasteiger partial charge in [0.15, 0.2) is 5.82 Å². The zero-order chi connectivity index (χ0) is 14.9. The van der Waals surface area contributed by atoms with Gasteiger partial charge in [-0.15, -0.1) is 0 Å². The molecule has 0 atom stereocenters. The third kappa shape index (κ3) is 3.20. The molecule has 0 aromatic carbocycles. The Hall–Kier alpha value is -1.56. The molecule has 2 heterocycles. The molecule has 21 heavy (non-hydrogen) atoms. The number of hydrogen-bond acceptors (Lipinski definition) is 6. The van der Waals surface area contributed by atoms with E-state index in [1.165, 1.54) is 12.8 Å². The quantitative estimate of drug-likeness (QED) is 0.880. The summed E-state index contributed by atoms with van der Waals surface area (Å²) in [5.74, 6) is 2.40. The topological polar surface area (TPSA) is 63.8 Å². The van der Waals surface area contributed by atoms with Crippen LogP contribution in [0.5, 0.6) is 0 Å². The van der Waals surface area contributed by atoms with Crippen LogP contribution in [0, 0.1) is 0 Å². The number of thioether (sulfide) groups is 1. The lowest BCUT2D eigenvalue weighted by atomic mass is 10.2. The molecular weight excluding hydrogens is 284 g/mol. The molecule has 1 fully saturated rings. The van der Waals surface area contributed by atoms with Crippen LogP contribution in [0.4, 0.5) is 5.82 Å².